The molecule has 0 aliphatic heterocycles. The Kier molecular flexibility index (Phi) is 9.04. The molecule has 1 N–H and O–H groups in total. The van der Waals surface area contributed by atoms with Crippen LogP contribution in [0.25, 0.3) is 0 Å². The molecule has 3 aromatic carbocycles. The maximum absolute atomic E-state index is 14.9. The molecule has 0 saturated heterocycles. The van der Waals surface area contributed by atoms with Crippen molar-refractivity contribution in [1.82, 2.24) is 10.2 Å². The van der Waals surface area contributed by atoms with Gasteiger partial charge in [-0.05, 0) is 57.5 Å². The smallest absolute Gasteiger partial charge is 0.264 e. The molecular weight excluding hydrogens is 493 g/mol. The first kappa shape index (κ1) is 27.9. The number of benzene rings is 3. The van der Waals surface area contributed by atoms with E-state index in [9.17, 15) is 22.4 Å². The monoisotopic (exact) mass is 525 g/mol. The highest BCUT2D eigenvalue weighted by Gasteiger charge is 2.33. The van der Waals surface area contributed by atoms with Crippen LogP contribution >= 0.6 is 0 Å². The van der Waals surface area contributed by atoms with Crippen molar-refractivity contribution in [3.63, 3.8) is 0 Å². The third kappa shape index (κ3) is 6.74. The Morgan fingerprint density at radius 2 is 1.49 bits per heavy atom. The fraction of sp³-hybridized carbons (Fsp3) is 0.286. The van der Waals surface area contributed by atoms with Gasteiger partial charge in [0.15, 0.2) is 0 Å². The second kappa shape index (κ2) is 12.0. The Morgan fingerprint density at radius 1 is 0.919 bits per heavy atom. The van der Waals surface area contributed by atoms with Crippen molar-refractivity contribution in [2.24, 2.45) is 0 Å². The zero-order valence-electron chi connectivity index (χ0n) is 21.4. The fourth-order valence-electron chi connectivity index (χ4n) is 3.80. The normalized spacial score (nSPS) is 12.0. The number of amides is 2. The van der Waals surface area contributed by atoms with Gasteiger partial charge in [0.25, 0.3) is 10.0 Å². The number of likely N-dealkylation sites (N-methyl/N-ethyl adjacent to an activating group) is 1. The molecule has 7 nitrogen and oxygen atoms in total. The number of nitrogens with zero attached hydrogens (tertiary/aromatic N) is 2. The Bertz CT molecular complexity index is 1340. The van der Waals surface area contributed by atoms with Crippen molar-refractivity contribution in [1.29, 1.82) is 0 Å². The summed E-state index contributed by atoms with van der Waals surface area (Å²) in [7, 11) is -4.31. The summed E-state index contributed by atoms with van der Waals surface area (Å²) in [6.45, 7) is 6.87. The minimum atomic E-state index is -4.31. The van der Waals surface area contributed by atoms with Crippen LogP contribution in [0.15, 0.2) is 77.7 Å². The number of rotatable bonds is 10. The zero-order valence-corrected chi connectivity index (χ0v) is 22.3. The number of sulfonamides is 1. The van der Waals surface area contributed by atoms with Crippen molar-refractivity contribution in [3.8, 4) is 0 Å². The number of anilines is 1. The van der Waals surface area contributed by atoms with Gasteiger partial charge in [-0.15, -0.1) is 0 Å². The Morgan fingerprint density at radius 3 is 2.05 bits per heavy atom. The molecule has 2 amide bonds. The minimum Gasteiger partial charge on any atom is -0.355 e. The Hall–Kier alpha value is -3.72. The van der Waals surface area contributed by atoms with E-state index in [-0.39, 0.29) is 23.0 Å². The quantitative estimate of drug-likeness (QED) is 0.430. The Labute approximate surface area is 218 Å². The van der Waals surface area contributed by atoms with Crippen molar-refractivity contribution >= 4 is 27.5 Å². The van der Waals surface area contributed by atoms with Crippen LogP contribution in [0.2, 0.25) is 0 Å². The van der Waals surface area contributed by atoms with Gasteiger partial charge in [-0.3, -0.25) is 13.9 Å². The molecular formula is C28H32FN3O4S. The van der Waals surface area contributed by atoms with Gasteiger partial charge < -0.3 is 10.2 Å². The van der Waals surface area contributed by atoms with Gasteiger partial charge in [-0.25, -0.2) is 12.8 Å². The molecule has 0 aromatic heterocycles. The average molecular weight is 526 g/mol. The van der Waals surface area contributed by atoms with Crippen molar-refractivity contribution in [2.75, 3.05) is 17.4 Å². The van der Waals surface area contributed by atoms with Crippen LogP contribution in [-0.2, 0) is 26.2 Å². The van der Waals surface area contributed by atoms with E-state index in [1.165, 1.54) is 35.2 Å². The van der Waals surface area contributed by atoms with E-state index in [0.717, 1.165) is 27.1 Å². The third-order valence-electron chi connectivity index (χ3n) is 6.00. The molecule has 0 aliphatic rings. The summed E-state index contributed by atoms with van der Waals surface area (Å²) in [6, 6.07) is 18.1. The van der Waals surface area contributed by atoms with E-state index in [4.69, 9.17) is 0 Å². The lowest BCUT2D eigenvalue weighted by molar-refractivity contribution is -0.139. The minimum absolute atomic E-state index is 0.0731. The number of para-hydroxylation sites is 1. The first-order valence-corrected chi connectivity index (χ1v) is 13.4. The largest absolute Gasteiger partial charge is 0.355 e. The maximum atomic E-state index is 14.9. The Balaban J connectivity index is 2.03. The molecule has 3 aromatic rings. The van der Waals surface area contributed by atoms with Gasteiger partial charge in [0.1, 0.15) is 18.4 Å². The molecule has 9 heteroatoms. The van der Waals surface area contributed by atoms with E-state index in [1.54, 1.807) is 26.0 Å². The van der Waals surface area contributed by atoms with E-state index in [2.05, 4.69) is 5.32 Å². The van der Waals surface area contributed by atoms with Crippen LogP contribution in [0.1, 0.15) is 30.5 Å². The number of halogens is 1. The molecule has 0 spiro atoms. The fourth-order valence-corrected chi connectivity index (χ4v) is 5.22. The molecule has 1 atom stereocenters. The number of hydrogen-bond donors (Lipinski definition) is 1. The van der Waals surface area contributed by atoms with Crippen LogP contribution < -0.4 is 9.62 Å². The number of hydrogen-bond acceptors (Lipinski definition) is 4. The van der Waals surface area contributed by atoms with E-state index in [0.29, 0.717) is 6.54 Å². The van der Waals surface area contributed by atoms with Gasteiger partial charge in [0.05, 0.1) is 10.6 Å². The predicted octanol–water partition coefficient (Wildman–Crippen LogP) is 4.19. The van der Waals surface area contributed by atoms with Crippen molar-refractivity contribution in [2.45, 2.75) is 45.2 Å². The van der Waals surface area contributed by atoms with Crippen LogP contribution in [0.5, 0.6) is 0 Å². The molecule has 0 bridgehead atoms. The zero-order chi connectivity index (χ0) is 27.2. The van der Waals surface area contributed by atoms with Crippen LogP contribution in [0.3, 0.4) is 0 Å². The molecule has 0 radical (unpaired) electrons. The van der Waals surface area contributed by atoms with Crippen molar-refractivity contribution in [3.05, 3.63) is 95.3 Å². The lowest BCUT2D eigenvalue weighted by Gasteiger charge is -2.32. The highest BCUT2D eigenvalue weighted by Crippen LogP contribution is 2.27. The average Bonchev–Trinajstić information content (AvgIpc) is 2.87. The number of aryl methyl sites for hydroxylation is 2. The predicted molar refractivity (Wildman–Crippen MR) is 142 cm³/mol. The summed E-state index contributed by atoms with van der Waals surface area (Å²) in [5.74, 6) is -1.80. The van der Waals surface area contributed by atoms with E-state index in [1.807, 2.05) is 38.1 Å². The second-order valence-corrected chi connectivity index (χ2v) is 10.7. The maximum Gasteiger partial charge on any atom is 0.264 e. The molecule has 0 fully saturated rings. The van der Waals surface area contributed by atoms with Crippen LogP contribution in [0, 0.1) is 19.7 Å². The summed E-state index contributed by atoms with van der Waals surface area (Å²) < 4.78 is 43.0. The summed E-state index contributed by atoms with van der Waals surface area (Å²) in [5, 5.41) is 2.71. The van der Waals surface area contributed by atoms with Crippen LogP contribution in [0.4, 0.5) is 10.1 Å². The first-order chi connectivity index (χ1) is 17.5. The highest BCUT2D eigenvalue weighted by molar-refractivity contribution is 7.92. The molecule has 3 rings (SSSR count). The second-order valence-electron chi connectivity index (χ2n) is 8.85. The standard InChI is InChI=1S/C28H32FN3O4S/c1-5-30-28(34)22(4)31(18-23-14-10-20(2)11-15-23)27(33)19-32(26-9-7-6-8-25(26)29)37(35,36)24-16-12-21(3)13-17-24/h6-17,22H,5,18-19H2,1-4H3,(H,30,34)/t22-/m1/s1. The number of carbonyl (C=O) groups is 2. The van der Waals surface area contributed by atoms with Gasteiger partial charge in [-0.2, -0.15) is 0 Å². The molecule has 37 heavy (non-hydrogen) atoms. The summed E-state index contributed by atoms with van der Waals surface area (Å²) in [6.07, 6.45) is 0. The van der Waals surface area contributed by atoms with Crippen LogP contribution in [-0.4, -0.2) is 44.3 Å². The molecule has 0 saturated carbocycles. The van der Waals surface area contributed by atoms with E-state index < -0.39 is 34.3 Å². The van der Waals surface area contributed by atoms with Gasteiger partial charge >= 0.3 is 0 Å². The summed E-state index contributed by atoms with van der Waals surface area (Å²) in [4.78, 5) is 27.6. The lowest BCUT2D eigenvalue weighted by Crippen LogP contribution is -2.51. The molecule has 196 valence electrons. The first-order valence-electron chi connectivity index (χ1n) is 12.0. The molecule has 0 aliphatic carbocycles. The lowest BCUT2D eigenvalue weighted by atomic mass is 10.1. The van der Waals surface area contributed by atoms with Gasteiger partial charge in [-0.1, -0.05) is 59.7 Å². The van der Waals surface area contributed by atoms with E-state index >= 15 is 0 Å². The summed E-state index contributed by atoms with van der Waals surface area (Å²) >= 11 is 0. The highest BCUT2D eigenvalue weighted by atomic mass is 32.2. The van der Waals surface area contributed by atoms with Gasteiger partial charge in [0, 0.05) is 13.1 Å². The number of carbonyl (C=O) groups excluding carboxylic acids is 2. The summed E-state index contributed by atoms with van der Waals surface area (Å²) in [5.41, 5.74) is 2.41. The van der Waals surface area contributed by atoms with Gasteiger partial charge in [0.2, 0.25) is 11.8 Å². The molecule has 0 heterocycles. The molecule has 0 unspecified atom stereocenters. The SMILES string of the molecule is CCNC(=O)[C@@H](C)N(Cc1ccc(C)cc1)C(=O)CN(c1ccccc1F)S(=O)(=O)c1ccc(C)cc1. The van der Waals surface area contributed by atoms with Crippen molar-refractivity contribution < 1.29 is 22.4 Å². The number of nitrogens with one attached hydrogen (secondary N) is 1. The third-order valence-corrected chi connectivity index (χ3v) is 7.77. The topological polar surface area (TPSA) is 86.8 Å².